The van der Waals surface area contributed by atoms with Crippen molar-refractivity contribution in [2.45, 2.75) is 32.6 Å². The molecule has 0 radical (unpaired) electrons. The second-order valence-electron chi connectivity index (χ2n) is 4.76. The van der Waals surface area contributed by atoms with Gasteiger partial charge < -0.3 is 5.73 Å². The topological polar surface area (TPSA) is 26.0 Å². The van der Waals surface area contributed by atoms with E-state index in [0.29, 0.717) is 0 Å². The van der Waals surface area contributed by atoms with Crippen LogP contribution in [0.5, 0.6) is 0 Å². The highest BCUT2D eigenvalue weighted by Gasteiger charge is 2.40. The lowest BCUT2D eigenvalue weighted by molar-refractivity contribution is 0.306. The molecule has 1 saturated carbocycles. The second kappa shape index (κ2) is 3.83. The molecule has 0 saturated heterocycles. The normalized spacial score (nSPS) is 41.7. The molecule has 0 aromatic carbocycles. The highest BCUT2D eigenvalue weighted by Crippen LogP contribution is 2.49. The second-order valence-corrected chi connectivity index (χ2v) is 4.76. The van der Waals surface area contributed by atoms with Gasteiger partial charge in [0.15, 0.2) is 0 Å². The van der Waals surface area contributed by atoms with Crippen LogP contribution in [0.15, 0.2) is 12.2 Å². The molecule has 2 aliphatic carbocycles. The molecule has 0 spiro atoms. The highest BCUT2D eigenvalue weighted by atomic mass is 14.5. The molecule has 1 fully saturated rings. The maximum atomic E-state index is 5.51. The summed E-state index contributed by atoms with van der Waals surface area (Å²) < 4.78 is 0. The van der Waals surface area contributed by atoms with Gasteiger partial charge in [-0.1, -0.05) is 25.5 Å². The van der Waals surface area contributed by atoms with Crippen LogP contribution in [0.2, 0.25) is 0 Å². The third-order valence-electron chi connectivity index (χ3n) is 4.04. The predicted molar refractivity (Wildman–Crippen MR) is 56.3 cm³/mol. The van der Waals surface area contributed by atoms with Gasteiger partial charge in [-0.15, -0.1) is 0 Å². The molecule has 1 heteroatoms. The fourth-order valence-electron chi connectivity index (χ4n) is 3.17. The molecule has 0 amide bonds. The van der Waals surface area contributed by atoms with Gasteiger partial charge in [0.25, 0.3) is 0 Å². The molecule has 74 valence electrons. The van der Waals surface area contributed by atoms with Crippen molar-refractivity contribution in [3.8, 4) is 0 Å². The molecular formula is C12H21N. The lowest BCUT2D eigenvalue weighted by Crippen LogP contribution is -2.16. The third kappa shape index (κ3) is 1.67. The summed E-state index contributed by atoms with van der Waals surface area (Å²) in [7, 11) is 0. The predicted octanol–water partition coefficient (Wildman–Crippen LogP) is 2.57. The fraction of sp³-hybridized carbons (Fsp3) is 0.833. The Kier molecular flexibility index (Phi) is 2.73. The Balaban J connectivity index is 1.83. The van der Waals surface area contributed by atoms with Crippen LogP contribution in [0.4, 0.5) is 0 Å². The standard InChI is InChI=1S/C12H21N/c1-9-10-5-6-11(8-10)12(9)4-2-3-7-13/h5-6,9-12H,2-4,7-8,13H2,1H3. The van der Waals surface area contributed by atoms with Gasteiger partial charge in [0.05, 0.1) is 0 Å². The summed E-state index contributed by atoms with van der Waals surface area (Å²) in [6.45, 7) is 3.30. The van der Waals surface area contributed by atoms with Crippen LogP contribution in [0.25, 0.3) is 0 Å². The van der Waals surface area contributed by atoms with Crippen LogP contribution >= 0.6 is 0 Å². The maximum Gasteiger partial charge on any atom is -0.00773 e. The molecular weight excluding hydrogens is 158 g/mol. The van der Waals surface area contributed by atoms with Gasteiger partial charge in [-0.2, -0.15) is 0 Å². The van der Waals surface area contributed by atoms with Crippen LogP contribution in [0.1, 0.15) is 32.6 Å². The fourth-order valence-corrected chi connectivity index (χ4v) is 3.17. The van der Waals surface area contributed by atoms with E-state index in [0.717, 1.165) is 30.2 Å². The molecule has 0 aliphatic heterocycles. The van der Waals surface area contributed by atoms with Gasteiger partial charge in [-0.05, 0) is 49.5 Å². The zero-order valence-corrected chi connectivity index (χ0v) is 8.58. The molecule has 2 N–H and O–H groups in total. The molecule has 4 unspecified atom stereocenters. The first-order valence-corrected chi connectivity index (χ1v) is 5.71. The van der Waals surface area contributed by atoms with Crippen molar-refractivity contribution < 1.29 is 0 Å². The third-order valence-corrected chi connectivity index (χ3v) is 4.04. The minimum Gasteiger partial charge on any atom is -0.330 e. The van der Waals surface area contributed by atoms with Crippen molar-refractivity contribution in [1.82, 2.24) is 0 Å². The van der Waals surface area contributed by atoms with Gasteiger partial charge in [0, 0.05) is 0 Å². The largest absolute Gasteiger partial charge is 0.330 e. The summed E-state index contributed by atoms with van der Waals surface area (Å²) in [5.74, 6) is 3.74. The Morgan fingerprint density at radius 1 is 1.23 bits per heavy atom. The summed E-state index contributed by atoms with van der Waals surface area (Å²) in [5, 5.41) is 0. The molecule has 4 atom stereocenters. The van der Waals surface area contributed by atoms with Crippen LogP contribution in [0, 0.1) is 23.7 Å². The molecule has 2 bridgehead atoms. The van der Waals surface area contributed by atoms with Gasteiger partial charge in [-0.3, -0.25) is 0 Å². The average Bonchev–Trinajstić information content (AvgIpc) is 2.69. The van der Waals surface area contributed by atoms with Gasteiger partial charge in [-0.25, -0.2) is 0 Å². The van der Waals surface area contributed by atoms with Gasteiger partial charge >= 0.3 is 0 Å². The van der Waals surface area contributed by atoms with Crippen molar-refractivity contribution >= 4 is 0 Å². The summed E-state index contributed by atoms with van der Waals surface area (Å²) in [4.78, 5) is 0. The van der Waals surface area contributed by atoms with Crippen LogP contribution in [0.3, 0.4) is 0 Å². The van der Waals surface area contributed by atoms with E-state index in [1.807, 2.05) is 0 Å². The van der Waals surface area contributed by atoms with Crippen molar-refractivity contribution in [3.05, 3.63) is 12.2 Å². The Morgan fingerprint density at radius 3 is 2.62 bits per heavy atom. The van der Waals surface area contributed by atoms with Crippen LogP contribution < -0.4 is 5.73 Å². The summed E-state index contributed by atoms with van der Waals surface area (Å²) in [6, 6.07) is 0. The Morgan fingerprint density at radius 2 is 2.00 bits per heavy atom. The van der Waals surface area contributed by atoms with E-state index in [-0.39, 0.29) is 0 Å². The first-order chi connectivity index (χ1) is 6.33. The van der Waals surface area contributed by atoms with E-state index in [1.165, 1.54) is 25.7 Å². The monoisotopic (exact) mass is 179 g/mol. The van der Waals surface area contributed by atoms with Crippen LogP contribution in [-0.4, -0.2) is 6.54 Å². The van der Waals surface area contributed by atoms with Gasteiger partial charge in [0.2, 0.25) is 0 Å². The van der Waals surface area contributed by atoms with Crippen molar-refractivity contribution in [1.29, 1.82) is 0 Å². The van der Waals surface area contributed by atoms with Crippen molar-refractivity contribution in [3.63, 3.8) is 0 Å². The quantitative estimate of drug-likeness (QED) is 0.521. The van der Waals surface area contributed by atoms with Gasteiger partial charge in [0.1, 0.15) is 0 Å². The number of unbranched alkanes of at least 4 members (excludes halogenated alkanes) is 1. The Bertz CT molecular complexity index is 197. The van der Waals surface area contributed by atoms with E-state index in [2.05, 4.69) is 19.1 Å². The Labute approximate surface area is 81.4 Å². The van der Waals surface area contributed by atoms with Crippen LogP contribution in [-0.2, 0) is 0 Å². The zero-order chi connectivity index (χ0) is 9.26. The molecule has 0 aromatic heterocycles. The number of allylic oxidation sites excluding steroid dienone is 2. The number of hydrogen-bond acceptors (Lipinski definition) is 1. The summed E-state index contributed by atoms with van der Waals surface area (Å²) in [6.07, 6.45) is 10.3. The minimum atomic E-state index is 0.866. The minimum absolute atomic E-state index is 0.866. The van der Waals surface area contributed by atoms with E-state index < -0.39 is 0 Å². The SMILES string of the molecule is CC1C2C=CC(C2)C1CCCCN. The van der Waals surface area contributed by atoms with E-state index in [1.54, 1.807) is 0 Å². The number of fused-ring (bicyclic) bond motifs is 2. The molecule has 0 aromatic rings. The first kappa shape index (κ1) is 9.26. The Hall–Kier alpha value is -0.300. The smallest absolute Gasteiger partial charge is 0.00773 e. The molecule has 2 rings (SSSR count). The first-order valence-electron chi connectivity index (χ1n) is 5.71. The lowest BCUT2D eigenvalue weighted by Gasteiger charge is -2.24. The number of hydrogen-bond donors (Lipinski definition) is 1. The maximum absolute atomic E-state index is 5.51. The summed E-state index contributed by atoms with van der Waals surface area (Å²) >= 11 is 0. The van der Waals surface area contributed by atoms with E-state index in [4.69, 9.17) is 5.73 Å². The van der Waals surface area contributed by atoms with Crippen molar-refractivity contribution in [2.24, 2.45) is 29.4 Å². The van der Waals surface area contributed by atoms with Crippen molar-refractivity contribution in [2.75, 3.05) is 6.54 Å². The molecule has 2 aliphatic rings. The highest BCUT2D eigenvalue weighted by molar-refractivity contribution is 5.12. The molecule has 1 nitrogen and oxygen atoms in total. The summed E-state index contributed by atoms with van der Waals surface area (Å²) in [5.41, 5.74) is 5.51. The van der Waals surface area contributed by atoms with E-state index >= 15 is 0 Å². The molecule has 0 heterocycles. The number of rotatable bonds is 4. The lowest BCUT2D eigenvalue weighted by atomic mass is 9.81. The van der Waals surface area contributed by atoms with E-state index in [9.17, 15) is 0 Å². The number of nitrogens with two attached hydrogens (primary N) is 1. The molecule has 13 heavy (non-hydrogen) atoms. The zero-order valence-electron chi connectivity index (χ0n) is 8.58. The average molecular weight is 179 g/mol.